The lowest BCUT2D eigenvalue weighted by Crippen LogP contribution is -2.40. The van der Waals surface area contributed by atoms with E-state index in [4.69, 9.17) is 4.74 Å². The van der Waals surface area contributed by atoms with E-state index in [1.807, 2.05) is 53.4 Å². The molecule has 2 aliphatic rings. The van der Waals surface area contributed by atoms with Gasteiger partial charge in [0.25, 0.3) is 11.8 Å². The maximum absolute atomic E-state index is 13.6. The van der Waals surface area contributed by atoms with E-state index in [0.717, 1.165) is 29.7 Å². The van der Waals surface area contributed by atoms with Crippen LogP contribution in [0, 0.1) is 12.8 Å². The van der Waals surface area contributed by atoms with Gasteiger partial charge in [0.05, 0.1) is 6.04 Å². The lowest BCUT2D eigenvalue weighted by molar-refractivity contribution is -0.127. The molecule has 1 aliphatic carbocycles. The second kappa shape index (κ2) is 9.95. The molecule has 0 bridgehead atoms. The largest absolute Gasteiger partial charge is 0.481 e. The van der Waals surface area contributed by atoms with Crippen LogP contribution in [0.15, 0.2) is 72.8 Å². The van der Waals surface area contributed by atoms with Crippen LogP contribution in [-0.4, -0.2) is 35.9 Å². The molecule has 1 aliphatic heterocycles. The molecule has 0 radical (unpaired) electrons. The third-order valence-electron chi connectivity index (χ3n) is 6.93. The quantitative estimate of drug-likeness (QED) is 0.526. The van der Waals surface area contributed by atoms with E-state index in [1.54, 1.807) is 6.92 Å². The van der Waals surface area contributed by atoms with Gasteiger partial charge >= 0.3 is 0 Å². The van der Waals surface area contributed by atoms with Crippen LogP contribution >= 0.6 is 0 Å². The lowest BCUT2D eigenvalue weighted by Gasteiger charge is -2.38. The second-order valence-electron chi connectivity index (χ2n) is 9.74. The minimum Gasteiger partial charge on any atom is -0.481 e. The molecule has 1 fully saturated rings. The number of carbonyl (C=O) groups excluding carboxylic acids is 2. The number of benzene rings is 3. The topological polar surface area (TPSA) is 58.6 Å². The van der Waals surface area contributed by atoms with Gasteiger partial charge in [0.2, 0.25) is 0 Å². The molecule has 180 valence electrons. The normalized spacial score (nSPS) is 17.9. The van der Waals surface area contributed by atoms with Crippen LogP contribution in [0.2, 0.25) is 0 Å². The Bertz CT molecular complexity index is 1220. The highest BCUT2D eigenvalue weighted by molar-refractivity contribution is 5.95. The summed E-state index contributed by atoms with van der Waals surface area (Å²) in [7, 11) is 0. The van der Waals surface area contributed by atoms with Gasteiger partial charge in [0.15, 0.2) is 6.10 Å². The number of hydrogen-bond acceptors (Lipinski definition) is 3. The van der Waals surface area contributed by atoms with Crippen molar-refractivity contribution in [3.05, 3.63) is 101 Å². The van der Waals surface area contributed by atoms with Gasteiger partial charge in [-0.1, -0.05) is 54.1 Å². The van der Waals surface area contributed by atoms with Crippen LogP contribution < -0.4 is 10.1 Å². The maximum Gasteiger partial charge on any atom is 0.260 e. The Morgan fingerprint density at radius 2 is 1.83 bits per heavy atom. The van der Waals surface area contributed by atoms with Gasteiger partial charge in [-0.25, -0.2) is 0 Å². The standard InChI is InChI=1S/C30H32N2O3/c1-20-7-6-10-25(17-20)28-27-18-26(35-21(2)29(33)31-19-22-11-12-22)14-13-23(27)15-16-32(28)30(34)24-8-4-3-5-9-24/h3-10,13-14,17-18,21-22,28H,11-12,15-16,19H2,1-2H3,(H,31,33). The average Bonchev–Trinajstić information content (AvgIpc) is 3.71. The Labute approximate surface area is 207 Å². The van der Waals surface area contributed by atoms with E-state index in [0.29, 0.717) is 23.8 Å². The van der Waals surface area contributed by atoms with Gasteiger partial charge in [-0.05, 0) is 80.0 Å². The van der Waals surface area contributed by atoms with Gasteiger partial charge < -0.3 is 15.0 Å². The van der Waals surface area contributed by atoms with Crippen molar-refractivity contribution >= 4 is 11.8 Å². The van der Waals surface area contributed by atoms with Crippen LogP contribution in [0.25, 0.3) is 0 Å². The minimum atomic E-state index is -0.588. The summed E-state index contributed by atoms with van der Waals surface area (Å²) in [6.07, 6.45) is 2.57. The lowest BCUT2D eigenvalue weighted by atomic mass is 9.87. The number of fused-ring (bicyclic) bond motifs is 1. The molecule has 2 atom stereocenters. The van der Waals surface area contributed by atoms with Crippen molar-refractivity contribution < 1.29 is 14.3 Å². The molecule has 3 aromatic rings. The number of carbonyl (C=O) groups is 2. The molecule has 35 heavy (non-hydrogen) atoms. The van der Waals surface area contributed by atoms with Gasteiger partial charge in [-0.3, -0.25) is 9.59 Å². The summed E-state index contributed by atoms with van der Waals surface area (Å²) in [6, 6.07) is 23.6. The van der Waals surface area contributed by atoms with E-state index in [2.05, 4.69) is 36.5 Å². The Morgan fingerprint density at radius 1 is 1.03 bits per heavy atom. The first kappa shape index (κ1) is 23.2. The van der Waals surface area contributed by atoms with E-state index in [1.165, 1.54) is 18.4 Å². The molecule has 5 rings (SSSR count). The first-order chi connectivity index (χ1) is 17.0. The van der Waals surface area contributed by atoms with Crippen LogP contribution in [-0.2, 0) is 11.2 Å². The number of ether oxygens (including phenoxy) is 1. The van der Waals surface area contributed by atoms with Gasteiger partial charge in [-0.15, -0.1) is 0 Å². The molecule has 0 saturated heterocycles. The predicted octanol–water partition coefficient (Wildman–Crippen LogP) is 5.08. The number of aryl methyl sites for hydroxylation is 1. The van der Waals surface area contributed by atoms with E-state index >= 15 is 0 Å². The smallest absolute Gasteiger partial charge is 0.260 e. The Hall–Kier alpha value is -3.60. The molecule has 1 heterocycles. The van der Waals surface area contributed by atoms with Crippen molar-refractivity contribution in [2.45, 2.75) is 45.3 Å². The summed E-state index contributed by atoms with van der Waals surface area (Å²) < 4.78 is 6.07. The van der Waals surface area contributed by atoms with E-state index in [-0.39, 0.29) is 17.9 Å². The average molecular weight is 469 g/mol. The molecule has 2 amide bonds. The first-order valence-electron chi connectivity index (χ1n) is 12.5. The SMILES string of the molecule is Cc1cccc(C2c3cc(OC(C)C(=O)NCC4CC4)ccc3CCN2C(=O)c2ccccc2)c1. The number of rotatable bonds is 7. The third kappa shape index (κ3) is 5.24. The highest BCUT2D eigenvalue weighted by atomic mass is 16.5. The fourth-order valence-corrected chi connectivity index (χ4v) is 4.80. The van der Waals surface area contributed by atoms with Crippen molar-refractivity contribution in [3.63, 3.8) is 0 Å². The molecule has 5 heteroatoms. The molecule has 3 aromatic carbocycles. The molecular weight excluding hydrogens is 436 g/mol. The molecule has 0 spiro atoms. The molecular formula is C30H32N2O3. The highest BCUT2D eigenvalue weighted by Crippen LogP contribution is 2.38. The summed E-state index contributed by atoms with van der Waals surface area (Å²) in [5, 5.41) is 2.99. The zero-order chi connectivity index (χ0) is 24.4. The second-order valence-corrected chi connectivity index (χ2v) is 9.74. The first-order valence-corrected chi connectivity index (χ1v) is 12.5. The van der Waals surface area contributed by atoms with Crippen LogP contribution in [0.4, 0.5) is 0 Å². The van der Waals surface area contributed by atoms with Gasteiger partial charge in [0, 0.05) is 18.7 Å². The van der Waals surface area contributed by atoms with Gasteiger partial charge in [-0.2, -0.15) is 0 Å². The molecule has 1 saturated carbocycles. The number of nitrogens with zero attached hydrogens (tertiary/aromatic N) is 1. The van der Waals surface area contributed by atoms with Crippen molar-refractivity contribution in [1.82, 2.24) is 10.2 Å². The Kier molecular flexibility index (Phi) is 6.58. The highest BCUT2D eigenvalue weighted by Gasteiger charge is 2.33. The number of amides is 2. The summed E-state index contributed by atoms with van der Waals surface area (Å²) in [4.78, 5) is 28.1. The Balaban J connectivity index is 1.46. The maximum atomic E-state index is 13.6. The van der Waals surface area contributed by atoms with E-state index in [9.17, 15) is 9.59 Å². The predicted molar refractivity (Wildman–Crippen MR) is 136 cm³/mol. The van der Waals surface area contributed by atoms with Crippen LogP contribution in [0.5, 0.6) is 5.75 Å². The third-order valence-corrected chi connectivity index (χ3v) is 6.93. The van der Waals surface area contributed by atoms with Crippen molar-refractivity contribution in [3.8, 4) is 5.75 Å². The van der Waals surface area contributed by atoms with Gasteiger partial charge in [0.1, 0.15) is 5.75 Å². The molecule has 1 N–H and O–H groups in total. The van der Waals surface area contributed by atoms with Crippen molar-refractivity contribution in [1.29, 1.82) is 0 Å². The summed E-state index contributed by atoms with van der Waals surface area (Å²) in [6.45, 7) is 5.21. The van der Waals surface area contributed by atoms with E-state index < -0.39 is 6.10 Å². The number of nitrogens with one attached hydrogen (secondary N) is 1. The fraction of sp³-hybridized carbons (Fsp3) is 0.333. The summed E-state index contributed by atoms with van der Waals surface area (Å²) in [5.41, 5.74) is 5.15. The Morgan fingerprint density at radius 3 is 2.57 bits per heavy atom. The van der Waals surface area contributed by atoms with Crippen LogP contribution in [0.1, 0.15) is 58.4 Å². The van der Waals surface area contributed by atoms with Crippen molar-refractivity contribution in [2.75, 3.05) is 13.1 Å². The summed E-state index contributed by atoms with van der Waals surface area (Å²) >= 11 is 0. The summed E-state index contributed by atoms with van der Waals surface area (Å²) in [5.74, 6) is 1.19. The number of hydrogen-bond donors (Lipinski definition) is 1. The zero-order valence-corrected chi connectivity index (χ0v) is 20.4. The molecule has 2 unspecified atom stereocenters. The minimum absolute atomic E-state index is 0.0156. The zero-order valence-electron chi connectivity index (χ0n) is 20.4. The van der Waals surface area contributed by atoms with Crippen LogP contribution in [0.3, 0.4) is 0 Å². The monoisotopic (exact) mass is 468 g/mol. The fourth-order valence-electron chi connectivity index (χ4n) is 4.80. The van der Waals surface area contributed by atoms with Crippen molar-refractivity contribution in [2.24, 2.45) is 5.92 Å². The molecule has 0 aromatic heterocycles. The molecule has 5 nitrogen and oxygen atoms in total.